The number of hydrogen-bond donors (Lipinski definition) is 2. The number of rotatable bonds is 6. The Morgan fingerprint density at radius 2 is 2.00 bits per heavy atom. The van der Waals surface area contributed by atoms with Gasteiger partial charge in [0.2, 0.25) is 0 Å². The van der Waals surface area contributed by atoms with Crippen molar-refractivity contribution in [1.29, 1.82) is 0 Å². The molecule has 106 valence electrons. The Balaban J connectivity index is 1.84. The van der Waals surface area contributed by atoms with E-state index in [1.807, 2.05) is 31.2 Å². The summed E-state index contributed by atoms with van der Waals surface area (Å²) in [6.07, 6.45) is 5.63. The number of hydrogen-bond acceptors (Lipinski definition) is 3. The van der Waals surface area contributed by atoms with Crippen LogP contribution in [0.15, 0.2) is 24.3 Å². The molecule has 1 aliphatic rings. The molecule has 3 N–H and O–H groups in total. The minimum Gasteiger partial charge on any atom is -0.491 e. The molecule has 1 aromatic carbocycles. The standard InChI is InChI=1S/C16H25NO2/c1-12(17)15-8-4-5-9-16(15)19-11-14(18)10-13-6-2-3-7-13/h4-5,8-9,12-14,18H,2-3,6-7,10-11,17H2,1H3. The number of para-hydroxylation sites is 1. The highest BCUT2D eigenvalue weighted by Gasteiger charge is 2.19. The van der Waals surface area contributed by atoms with Crippen molar-refractivity contribution in [3.8, 4) is 5.75 Å². The maximum Gasteiger partial charge on any atom is 0.124 e. The van der Waals surface area contributed by atoms with E-state index in [1.165, 1.54) is 25.7 Å². The predicted octanol–water partition coefficient (Wildman–Crippen LogP) is 3.03. The minimum absolute atomic E-state index is 0.0526. The van der Waals surface area contributed by atoms with Crippen molar-refractivity contribution in [2.45, 2.75) is 51.2 Å². The number of benzene rings is 1. The molecule has 0 bridgehead atoms. The van der Waals surface area contributed by atoms with E-state index in [9.17, 15) is 5.11 Å². The predicted molar refractivity (Wildman–Crippen MR) is 77.1 cm³/mol. The fraction of sp³-hybridized carbons (Fsp3) is 0.625. The summed E-state index contributed by atoms with van der Waals surface area (Å²) >= 11 is 0. The van der Waals surface area contributed by atoms with Gasteiger partial charge in [0.15, 0.2) is 0 Å². The molecule has 2 atom stereocenters. The molecule has 0 aromatic heterocycles. The van der Waals surface area contributed by atoms with Gasteiger partial charge in [0, 0.05) is 11.6 Å². The molecule has 0 amide bonds. The third kappa shape index (κ3) is 4.22. The van der Waals surface area contributed by atoms with Gasteiger partial charge in [-0.1, -0.05) is 43.9 Å². The summed E-state index contributed by atoms with van der Waals surface area (Å²) in [6.45, 7) is 2.30. The van der Waals surface area contributed by atoms with Gasteiger partial charge in [-0.15, -0.1) is 0 Å². The largest absolute Gasteiger partial charge is 0.491 e. The van der Waals surface area contributed by atoms with Crippen LogP contribution in [0.5, 0.6) is 5.75 Å². The summed E-state index contributed by atoms with van der Waals surface area (Å²) in [5.41, 5.74) is 6.91. The highest BCUT2D eigenvalue weighted by molar-refractivity contribution is 5.35. The number of ether oxygens (including phenoxy) is 1. The van der Waals surface area contributed by atoms with Crippen molar-refractivity contribution < 1.29 is 9.84 Å². The average Bonchev–Trinajstić information content (AvgIpc) is 2.89. The molecular weight excluding hydrogens is 238 g/mol. The van der Waals surface area contributed by atoms with Crippen molar-refractivity contribution in [2.24, 2.45) is 11.7 Å². The van der Waals surface area contributed by atoms with E-state index < -0.39 is 0 Å². The lowest BCUT2D eigenvalue weighted by Gasteiger charge is -2.18. The first-order valence-electron chi connectivity index (χ1n) is 7.32. The lowest BCUT2D eigenvalue weighted by atomic mass is 10.0. The quantitative estimate of drug-likeness (QED) is 0.829. The van der Waals surface area contributed by atoms with Crippen LogP contribution < -0.4 is 10.5 Å². The van der Waals surface area contributed by atoms with Crippen molar-refractivity contribution in [3.05, 3.63) is 29.8 Å². The Labute approximate surface area is 115 Å². The van der Waals surface area contributed by atoms with Crippen molar-refractivity contribution in [2.75, 3.05) is 6.61 Å². The lowest BCUT2D eigenvalue weighted by molar-refractivity contribution is 0.0849. The summed E-state index contributed by atoms with van der Waals surface area (Å²) in [5, 5.41) is 10.0. The fourth-order valence-electron chi connectivity index (χ4n) is 2.87. The number of aliphatic hydroxyl groups is 1. The van der Waals surface area contributed by atoms with E-state index in [2.05, 4.69) is 0 Å². The monoisotopic (exact) mass is 263 g/mol. The van der Waals surface area contributed by atoms with Gasteiger partial charge < -0.3 is 15.6 Å². The molecule has 19 heavy (non-hydrogen) atoms. The van der Waals surface area contributed by atoms with Gasteiger partial charge in [-0.25, -0.2) is 0 Å². The molecule has 2 unspecified atom stereocenters. The molecule has 3 nitrogen and oxygen atoms in total. The van der Waals surface area contributed by atoms with Gasteiger partial charge in [0.25, 0.3) is 0 Å². The van der Waals surface area contributed by atoms with E-state index >= 15 is 0 Å². The Bertz CT molecular complexity index is 386. The molecule has 1 saturated carbocycles. The Kier molecular flexibility index (Phi) is 5.23. The zero-order valence-electron chi connectivity index (χ0n) is 11.7. The second-order valence-electron chi connectivity index (χ2n) is 5.68. The summed E-state index contributed by atoms with van der Waals surface area (Å²) in [6, 6.07) is 7.73. The molecule has 0 heterocycles. The van der Waals surface area contributed by atoms with Crippen LogP contribution in [-0.4, -0.2) is 17.8 Å². The molecule has 1 aromatic rings. The normalized spacial score (nSPS) is 19.3. The number of nitrogens with two attached hydrogens (primary N) is 1. The Hall–Kier alpha value is -1.06. The maximum absolute atomic E-state index is 10.0. The zero-order chi connectivity index (χ0) is 13.7. The van der Waals surface area contributed by atoms with E-state index in [1.54, 1.807) is 0 Å². The van der Waals surface area contributed by atoms with E-state index in [4.69, 9.17) is 10.5 Å². The highest BCUT2D eigenvalue weighted by Crippen LogP contribution is 2.29. The van der Waals surface area contributed by atoms with Crippen LogP contribution in [-0.2, 0) is 0 Å². The Morgan fingerprint density at radius 1 is 1.32 bits per heavy atom. The van der Waals surface area contributed by atoms with Crippen LogP contribution in [0.25, 0.3) is 0 Å². The maximum atomic E-state index is 10.0. The van der Waals surface area contributed by atoms with E-state index in [-0.39, 0.29) is 12.1 Å². The molecular formula is C16H25NO2. The molecule has 0 saturated heterocycles. The molecule has 1 fully saturated rings. The van der Waals surface area contributed by atoms with Gasteiger partial charge in [0.1, 0.15) is 12.4 Å². The molecule has 1 aliphatic carbocycles. The number of aliphatic hydroxyl groups excluding tert-OH is 1. The van der Waals surface area contributed by atoms with Gasteiger partial charge in [0.05, 0.1) is 6.10 Å². The first kappa shape index (κ1) is 14.4. The van der Waals surface area contributed by atoms with Crippen LogP contribution >= 0.6 is 0 Å². The summed E-state index contributed by atoms with van der Waals surface area (Å²) in [7, 11) is 0. The summed E-state index contributed by atoms with van der Waals surface area (Å²) in [5.74, 6) is 1.48. The average molecular weight is 263 g/mol. The molecule has 2 rings (SSSR count). The highest BCUT2D eigenvalue weighted by atomic mass is 16.5. The Morgan fingerprint density at radius 3 is 2.68 bits per heavy atom. The van der Waals surface area contributed by atoms with Crippen LogP contribution in [0.4, 0.5) is 0 Å². The third-order valence-electron chi connectivity index (χ3n) is 3.92. The topological polar surface area (TPSA) is 55.5 Å². The second kappa shape index (κ2) is 6.92. The van der Waals surface area contributed by atoms with Crippen molar-refractivity contribution in [1.82, 2.24) is 0 Å². The lowest BCUT2D eigenvalue weighted by Crippen LogP contribution is -2.21. The summed E-state index contributed by atoms with van der Waals surface area (Å²) in [4.78, 5) is 0. The SMILES string of the molecule is CC(N)c1ccccc1OCC(O)CC1CCCC1. The van der Waals surface area contributed by atoms with Crippen molar-refractivity contribution in [3.63, 3.8) is 0 Å². The first-order valence-corrected chi connectivity index (χ1v) is 7.32. The van der Waals surface area contributed by atoms with Gasteiger partial charge in [-0.05, 0) is 25.3 Å². The molecule has 0 radical (unpaired) electrons. The van der Waals surface area contributed by atoms with Crippen LogP contribution in [0, 0.1) is 5.92 Å². The van der Waals surface area contributed by atoms with Crippen molar-refractivity contribution >= 4 is 0 Å². The van der Waals surface area contributed by atoms with Crippen LogP contribution in [0.2, 0.25) is 0 Å². The molecule has 0 spiro atoms. The van der Waals surface area contributed by atoms with Gasteiger partial charge >= 0.3 is 0 Å². The van der Waals surface area contributed by atoms with Gasteiger partial charge in [-0.2, -0.15) is 0 Å². The molecule has 0 aliphatic heterocycles. The van der Waals surface area contributed by atoms with E-state index in [0.717, 1.165) is 17.7 Å². The fourth-order valence-corrected chi connectivity index (χ4v) is 2.87. The minimum atomic E-state index is -0.371. The second-order valence-corrected chi connectivity index (χ2v) is 5.68. The zero-order valence-corrected chi connectivity index (χ0v) is 11.7. The van der Waals surface area contributed by atoms with Gasteiger partial charge in [-0.3, -0.25) is 0 Å². The third-order valence-corrected chi connectivity index (χ3v) is 3.92. The molecule has 3 heteroatoms. The van der Waals surface area contributed by atoms with Crippen LogP contribution in [0.3, 0.4) is 0 Å². The summed E-state index contributed by atoms with van der Waals surface area (Å²) < 4.78 is 5.74. The van der Waals surface area contributed by atoms with Crippen LogP contribution in [0.1, 0.15) is 50.6 Å². The van der Waals surface area contributed by atoms with E-state index in [0.29, 0.717) is 12.5 Å². The smallest absolute Gasteiger partial charge is 0.124 e. The first-order chi connectivity index (χ1) is 9.16.